The van der Waals surface area contributed by atoms with Crippen LogP contribution in [0.3, 0.4) is 0 Å². The van der Waals surface area contributed by atoms with E-state index in [0.29, 0.717) is 19.0 Å². The maximum atomic E-state index is 13.7. The van der Waals surface area contributed by atoms with Crippen LogP contribution in [0.25, 0.3) is 0 Å². The van der Waals surface area contributed by atoms with Crippen molar-refractivity contribution in [2.24, 2.45) is 5.92 Å². The third-order valence-electron chi connectivity index (χ3n) is 3.13. The number of carbonyl (C=O) groups excluding carboxylic acids is 1. The minimum absolute atomic E-state index is 0.0509. The summed E-state index contributed by atoms with van der Waals surface area (Å²) in [6.45, 7) is 5.06. The van der Waals surface area contributed by atoms with E-state index in [4.69, 9.17) is 4.74 Å². The normalized spacial score (nSPS) is 19.3. The molecule has 0 saturated carbocycles. The summed E-state index contributed by atoms with van der Waals surface area (Å²) >= 11 is 0. The van der Waals surface area contributed by atoms with Gasteiger partial charge in [0.1, 0.15) is 6.17 Å². The first-order chi connectivity index (χ1) is 9.02. The summed E-state index contributed by atoms with van der Waals surface area (Å²) in [6.07, 6.45) is -0.254. The lowest BCUT2D eigenvalue weighted by molar-refractivity contribution is -0.128. The van der Waals surface area contributed by atoms with Crippen LogP contribution < -0.4 is 10.1 Å². The largest absolute Gasteiger partial charge is 0.494 e. The van der Waals surface area contributed by atoms with Gasteiger partial charge in [0.15, 0.2) is 11.6 Å². The van der Waals surface area contributed by atoms with Crippen molar-refractivity contribution in [1.29, 1.82) is 0 Å². The van der Waals surface area contributed by atoms with Crippen molar-refractivity contribution < 1.29 is 13.9 Å². The van der Waals surface area contributed by atoms with E-state index in [2.05, 4.69) is 19.2 Å². The molecule has 0 bridgehead atoms. The Labute approximate surface area is 112 Å². The first-order valence-corrected chi connectivity index (χ1v) is 6.39. The average Bonchev–Trinajstić information content (AvgIpc) is 2.70. The fourth-order valence-corrected chi connectivity index (χ4v) is 2.29. The van der Waals surface area contributed by atoms with Gasteiger partial charge in [0.05, 0.1) is 13.7 Å². The highest BCUT2D eigenvalue weighted by Gasteiger charge is 2.32. The van der Waals surface area contributed by atoms with Gasteiger partial charge < -0.3 is 9.64 Å². The number of rotatable bonds is 4. The summed E-state index contributed by atoms with van der Waals surface area (Å²) in [5, 5.41) is 3.11. The molecule has 1 unspecified atom stereocenters. The number of benzene rings is 1. The van der Waals surface area contributed by atoms with E-state index in [1.165, 1.54) is 13.2 Å². The smallest absolute Gasteiger partial charge is 0.238 e. The molecule has 1 fully saturated rings. The minimum atomic E-state index is -0.411. The van der Waals surface area contributed by atoms with Crippen LogP contribution in [-0.2, 0) is 4.79 Å². The highest BCUT2D eigenvalue weighted by molar-refractivity contribution is 5.81. The second-order valence-electron chi connectivity index (χ2n) is 5.12. The zero-order valence-electron chi connectivity index (χ0n) is 11.4. The van der Waals surface area contributed by atoms with Crippen molar-refractivity contribution in [3.05, 3.63) is 29.6 Å². The molecule has 19 heavy (non-hydrogen) atoms. The van der Waals surface area contributed by atoms with E-state index in [1.54, 1.807) is 17.0 Å². The molecule has 1 amide bonds. The molecule has 0 spiro atoms. The number of carbonyl (C=O) groups is 1. The van der Waals surface area contributed by atoms with E-state index >= 15 is 0 Å². The summed E-state index contributed by atoms with van der Waals surface area (Å²) in [7, 11) is 1.43. The van der Waals surface area contributed by atoms with Crippen LogP contribution in [0.5, 0.6) is 5.75 Å². The first kappa shape index (κ1) is 13.8. The quantitative estimate of drug-likeness (QED) is 0.905. The van der Waals surface area contributed by atoms with Crippen LogP contribution >= 0.6 is 0 Å². The van der Waals surface area contributed by atoms with Crippen molar-refractivity contribution in [3.63, 3.8) is 0 Å². The molecule has 0 aromatic heterocycles. The highest BCUT2D eigenvalue weighted by Crippen LogP contribution is 2.27. The van der Waals surface area contributed by atoms with Crippen LogP contribution in [0, 0.1) is 11.7 Å². The summed E-state index contributed by atoms with van der Waals surface area (Å²) in [6, 6.07) is 4.79. The molecule has 104 valence electrons. The summed E-state index contributed by atoms with van der Waals surface area (Å²) in [4.78, 5) is 13.6. The molecule has 1 atom stereocenters. The van der Waals surface area contributed by atoms with E-state index in [9.17, 15) is 9.18 Å². The van der Waals surface area contributed by atoms with E-state index in [0.717, 1.165) is 5.56 Å². The van der Waals surface area contributed by atoms with Crippen molar-refractivity contribution in [2.45, 2.75) is 20.0 Å². The second-order valence-corrected chi connectivity index (χ2v) is 5.12. The molecular formula is C14H19FN2O2. The van der Waals surface area contributed by atoms with Gasteiger partial charge in [-0.25, -0.2) is 4.39 Å². The molecule has 1 aromatic carbocycles. The Hall–Kier alpha value is -1.62. The fourth-order valence-electron chi connectivity index (χ4n) is 2.29. The predicted molar refractivity (Wildman–Crippen MR) is 70.2 cm³/mol. The van der Waals surface area contributed by atoms with E-state index in [1.807, 2.05) is 0 Å². The Morgan fingerprint density at radius 3 is 2.84 bits per heavy atom. The number of hydrogen-bond donors (Lipinski definition) is 1. The standard InChI is InChI=1S/C14H19FN2O2/c1-9(2)8-17-13(18)7-16-14(17)10-4-5-12(19-3)11(15)6-10/h4-6,9,14,16H,7-8H2,1-3H3. The Kier molecular flexibility index (Phi) is 4.04. The summed E-state index contributed by atoms with van der Waals surface area (Å²) in [5.41, 5.74) is 0.741. The average molecular weight is 266 g/mol. The third kappa shape index (κ3) is 2.87. The van der Waals surface area contributed by atoms with E-state index in [-0.39, 0.29) is 17.8 Å². The van der Waals surface area contributed by atoms with Crippen molar-refractivity contribution in [1.82, 2.24) is 10.2 Å². The summed E-state index contributed by atoms with van der Waals surface area (Å²) in [5.74, 6) is 0.221. The zero-order valence-corrected chi connectivity index (χ0v) is 11.4. The molecule has 2 rings (SSSR count). The molecule has 0 aliphatic carbocycles. The Bertz CT molecular complexity index is 477. The topological polar surface area (TPSA) is 41.6 Å². The van der Waals surface area contributed by atoms with Gasteiger partial charge in [0, 0.05) is 6.54 Å². The first-order valence-electron chi connectivity index (χ1n) is 6.39. The molecule has 1 aliphatic rings. The van der Waals surface area contributed by atoms with Gasteiger partial charge in [-0.3, -0.25) is 10.1 Å². The molecule has 1 N–H and O–H groups in total. The molecule has 1 aromatic rings. The van der Waals surface area contributed by atoms with Gasteiger partial charge in [0.2, 0.25) is 5.91 Å². The maximum absolute atomic E-state index is 13.7. The van der Waals surface area contributed by atoms with E-state index < -0.39 is 5.82 Å². The molecule has 4 nitrogen and oxygen atoms in total. The van der Waals surface area contributed by atoms with Crippen LogP contribution in [-0.4, -0.2) is 31.0 Å². The lowest BCUT2D eigenvalue weighted by Gasteiger charge is -2.26. The molecular weight excluding hydrogens is 247 g/mol. The van der Waals surface area contributed by atoms with Gasteiger partial charge in [-0.15, -0.1) is 0 Å². The van der Waals surface area contributed by atoms with Gasteiger partial charge in [-0.2, -0.15) is 0 Å². The number of halogens is 1. The van der Waals surface area contributed by atoms with Crippen LogP contribution in [0.4, 0.5) is 4.39 Å². The molecule has 1 saturated heterocycles. The number of hydrogen-bond acceptors (Lipinski definition) is 3. The lowest BCUT2D eigenvalue weighted by atomic mass is 10.1. The fraction of sp³-hybridized carbons (Fsp3) is 0.500. The van der Waals surface area contributed by atoms with Gasteiger partial charge in [-0.1, -0.05) is 19.9 Å². The third-order valence-corrected chi connectivity index (χ3v) is 3.13. The maximum Gasteiger partial charge on any atom is 0.238 e. The van der Waals surface area contributed by atoms with Crippen LogP contribution in [0.1, 0.15) is 25.6 Å². The Morgan fingerprint density at radius 2 is 2.26 bits per heavy atom. The van der Waals surface area contributed by atoms with Gasteiger partial charge in [-0.05, 0) is 23.6 Å². The minimum Gasteiger partial charge on any atom is -0.494 e. The zero-order chi connectivity index (χ0) is 14.0. The Morgan fingerprint density at radius 1 is 1.53 bits per heavy atom. The number of nitrogens with one attached hydrogen (secondary N) is 1. The number of amides is 1. The Balaban J connectivity index is 2.24. The number of nitrogens with zero attached hydrogens (tertiary/aromatic N) is 1. The summed E-state index contributed by atoms with van der Waals surface area (Å²) < 4.78 is 18.6. The molecule has 1 heterocycles. The lowest BCUT2D eigenvalue weighted by Crippen LogP contribution is -2.33. The van der Waals surface area contributed by atoms with Crippen molar-refractivity contribution in [3.8, 4) is 5.75 Å². The molecule has 5 heteroatoms. The molecule has 1 aliphatic heterocycles. The van der Waals surface area contributed by atoms with Crippen molar-refractivity contribution >= 4 is 5.91 Å². The SMILES string of the molecule is COc1ccc(C2NCC(=O)N2CC(C)C)cc1F. The highest BCUT2D eigenvalue weighted by atomic mass is 19.1. The van der Waals surface area contributed by atoms with Crippen molar-refractivity contribution in [2.75, 3.05) is 20.2 Å². The number of ether oxygens (including phenoxy) is 1. The van der Waals surface area contributed by atoms with Crippen LogP contribution in [0.2, 0.25) is 0 Å². The monoisotopic (exact) mass is 266 g/mol. The molecule has 0 radical (unpaired) electrons. The number of methoxy groups -OCH3 is 1. The van der Waals surface area contributed by atoms with Gasteiger partial charge in [0.25, 0.3) is 0 Å². The van der Waals surface area contributed by atoms with Gasteiger partial charge >= 0.3 is 0 Å². The predicted octanol–water partition coefficient (Wildman–Crippen LogP) is 1.92. The van der Waals surface area contributed by atoms with Crippen LogP contribution in [0.15, 0.2) is 18.2 Å². The second kappa shape index (κ2) is 5.57.